The molecule has 1 N–H and O–H groups in total. The molecule has 1 aromatic rings. The van der Waals surface area contributed by atoms with Gasteiger partial charge in [-0.1, -0.05) is 0 Å². The number of rotatable bonds is 7. The van der Waals surface area contributed by atoms with E-state index < -0.39 is 0 Å². The summed E-state index contributed by atoms with van der Waals surface area (Å²) in [6, 6.07) is 3.81. The molecule has 0 spiro atoms. The largest absolute Gasteiger partial charge is 0.383 e. The summed E-state index contributed by atoms with van der Waals surface area (Å²) in [6.07, 6.45) is 2.00. The Morgan fingerprint density at radius 1 is 1.52 bits per heavy atom. The highest BCUT2D eigenvalue weighted by Crippen LogP contribution is 2.18. The molecule has 1 aliphatic heterocycles. The lowest BCUT2D eigenvalue weighted by Crippen LogP contribution is -2.33. The fraction of sp³-hybridized carbons (Fsp3) is 0.562. The number of methoxy groups -OCH3 is 1. The zero-order valence-electron chi connectivity index (χ0n) is 13.9. The van der Waals surface area contributed by atoms with Crippen molar-refractivity contribution < 1.29 is 14.3 Å². The monoisotopic (exact) mass is 320 g/mol. The Labute approximate surface area is 136 Å². The van der Waals surface area contributed by atoms with Gasteiger partial charge in [0.2, 0.25) is 11.8 Å². The van der Waals surface area contributed by atoms with E-state index in [0.29, 0.717) is 26.2 Å². The molecule has 23 heavy (non-hydrogen) atoms. The number of pyridine rings is 1. The number of nitrogens with zero attached hydrogens (tertiary/aromatic N) is 3. The van der Waals surface area contributed by atoms with Gasteiger partial charge in [0.05, 0.1) is 12.5 Å². The van der Waals surface area contributed by atoms with Crippen LogP contribution in [0.15, 0.2) is 18.3 Å². The minimum Gasteiger partial charge on any atom is -0.383 e. The molecule has 1 atom stereocenters. The molecule has 1 aliphatic rings. The van der Waals surface area contributed by atoms with Crippen molar-refractivity contribution in [3.63, 3.8) is 0 Å². The van der Waals surface area contributed by atoms with E-state index >= 15 is 0 Å². The number of hydrogen-bond acceptors (Lipinski definition) is 5. The first-order valence-electron chi connectivity index (χ1n) is 7.68. The molecule has 7 heteroatoms. The minimum atomic E-state index is -0.283. The summed E-state index contributed by atoms with van der Waals surface area (Å²) in [7, 11) is 5.44. The molecule has 0 saturated carbocycles. The van der Waals surface area contributed by atoms with E-state index in [-0.39, 0.29) is 24.2 Å². The highest BCUT2D eigenvalue weighted by atomic mass is 16.5. The van der Waals surface area contributed by atoms with Gasteiger partial charge in [-0.2, -0.15) is 0 Å². The van der Waals surface area contributed by atoms with Crippen molar-refractivity contribution in [1.82, 2.24) is 15.2 Å². The molecular weight excluding hydrogens is 296 g/mol. The number of carbonyl (C=O) groups is 2. The van der Waals surface area contributed by atoms with Gasteiger partial charge in [0.25, 0.3) is 0 Å². The zero-order valence-corrected chi connectivity index (χ0v) is 13.9. The second kappa shape index (κ2) is 7.92. The summed E-state index contributed by atoms with van der Waals surface area (Å²) in [5.41, 5.74) is 0.984. The SMILES string of the molecule is COCCN1C[C@@H](C(=O)NCc2ccnc(N(C)C)c2)CC1=O. The van der Waals surface area contributed by atoms with Gasteiger partial charge < -0.3 is 19.9 Å². The Hall–Kier alpha value is -2.15. The Morgan fingerprint density at radius 2 is 2.30 bits per heavy atom. The number of aromatic nitrogens is 1. The van der Waals surface area contributed by atoms with Crippen molar-refractivity contribution in [1.29, 1.82) is 0 Å². The zero-order chi connectivity index (χ0) is 16.8. The van der Waals surface area contributed by atoms with E-state index in [2.05, 4.69) is 10.3 Å². The summed E-state index contributed by atoms with van der Waals surface area (Å²) < 4.78 is 4.98. The summed E-state index contributed by atoms with van der Waals surface area (Å²) in [6.45, 7) is 1.93. The minimum absolute atomic E-state index is 0.0148. The number of carbonyl (C=O) groups excluding carboxylic acids is 2. The van der Waals surface area contributed by atoms with Crippen LogP contribution in [0.2, 0.25) is 0 Å². The number of hydrogen-bond donors (Lipinski definition) is 1. The van der Waals surface area contributed by atoms with Crippen molar-refractivity contribution in [2.75, 3.05) is 45.8 Å². The summed E-state index contributed by atoms with van der Waals surface area (Å²) in [5, 5.41) is 2.91. The Kier molecular flexibility index (Phi) is 5.92. The van der Waals surface area contributed by atoms with Crippen LogP contribution < -0.4 is 10.2 Å². The van der Waals surface area contributed by atoms with Crippen LogP contribution in [0.1, 0.15) is 12.0 Å². The van der Waals surface area contributed by atoms with Gasteiger partial charge >= 0.3 is 0 Å². The maximum absolute atomic E-state index is 12.3. The van der Waals surface area contributed by atoms with E-state index in [0.717, 1.165) is 11.4 Å². The maximum atomic E-state index is 12.3. The molecule has 0 unspecified atom stereocenters. The summed E-state index contributed by atoms with van der Waals surface area (Å²) in [5.74, 6) is 0.496. The Morgan fingerprint density at radius 3 is 3.00 bits per heavy atom. The van der Waals surface area contributed by atoms with Crippen molar-refractivity contribution >= 4 is 17.6 Å². The van der Waals surface area contributed by atoms with Crippen LogP contribution in [-0.2, 0) is 20.9 Å². The molecule has 0 aliphatic carbocycles. The third-order valence-corrected chi connectivity index (χ3v) is 3.89. The van der Waals surface area contributed by atoms with E-state index in [1.165, 1.54) is 0 Å². The molecule has 7 nitrogen and oxygen atoms in total. The molecule has 2 rings (SSSR count). The summed E-state index contributed by atoms with van der Waals surface area (Å²) >= 11 is 0. The van der Waals surface area contributed by atoms with Gasteiger partial charge in [-0.25, -0.2) is 4.98 Å². The fourth-order valence-corrected chi connectivity index (χ4v) is 2.51. The molecule has 1 fully saturated rings. The highest BCUT2D eigenvalue weighted by molar-refractivity contribution is 5.89. The predicted octanol–water partition coefficient (Wildman–Crippen LogP) is 0.259. The highest BCUT2D eigenvalue weighted by Gasteiger charge is 2.33. The van der Waals surface area contributed by atoms with Crippen LogP contribution in [0.3, 0.4) is 0 Å². The molecule has 1 aromatic heterocycles. The second-order valence-corrected chi connectivity index (χ2v) is 5.87. The topological polar surface area (TPSA) is 74.8 Å². The smallest absolute Gasteiger partial charge is 0.225 e. The Balaban J connectivity index is 1.86. The van der Waals surface area contributed by atoms with Crippen LogP contribution >= 0.6 is 0 Å². The van der Waals surface area contributed by atoms with Crippen LogP contribution in [0.5, 0.6) is 0 Å². The van der Waals surface area contributed by atoms with E-state index in [9.17, 15) is 9.59 Å². The number of amides is 2. The lowest BCUT2D eigenvalue weighted by molar-refractivity contribution is -0.129. The van der Waals surface area contributed by atoms with Crippen molar-refractivity contribution in [2.45, 2.75) is 13.0 Å². The number of anilines is 1. The van der Waals surface area contributed by atoms with Crippen LogP contribution in [0.4, 0.5) is 5.82 Å². The van der Waals surface area contributed by atoms with Crippen LogP contribution in [-0.4, -0.2) is 62.6 Å². The van der Waals surface area contributed by atoms with Gasteiger partial charge in [-0.3, -0.25) is 9.59 Å². The number of likely N-dealkylation sites (tertiary alicyclic amines) is 1. The standard InChI is InChI=1S/C16H24N4O3/c1-19(2)14-8-12(4-5-17-14)10-18-16(22)13-9-15(21)20(11-13)6-7-23-3/h4-5,8,13H,6-7,9-11H2,1-3H3,(H,18,22)/t13-/m0/s1. The van der Waals surface area contributed by atoms with Crippen molar-refractivity contribution in [3.8, 4) is 0 Å². The van der Waals surface area contributed by atoms with E-state index in [1.54, 1.807) is 18.2 Å². The average molecular weight is 320 g/mol. The molecule has 2 heterocycles. The third kappa shape index (κ3) is 4.66. The molecule has 0 radical (unpaired) electrons. The quantitative estimate of drug-likeness (QED) is 0.780. The molecule has 1 saturated heterocycles. The van der Waals surface area contributed by atoms with Gasteiger partial charge in [-0.05, 0) is 17.7 Å². The number of nitrogens with one attached hydrogen (secondary N) is 1. The summed E-state index contributed by atoms with van der Waals surface area (Å²) in [4.78, 5) is 32.0. The first-order valence-corrected chi connectivity index (χ1v) is 7.68. The second-order valence-electron chi connectivity index (χ2n) is 5.87. The molecule has 0 bridgehead atoms. The maximum Gasteiger partial charge on any atom is 0.225 e. The van der Waals surface area contributed by atoms with Crippen molar-refractivity contribution in [2.24, 2.45) is 5.92 Å². The first-order chi connectivity index (χ1) is 11.0. The molecular formula is C16H24N4O3. The van der Waals surface area contributed by atoms with Gasteiger partial charge in [0, 0.05) is 53.5 Å². The van der Waals surface area contributed by atoms with Gasteiger partial charge in [0.1, 0.15) is 5.82 Å². The first kappa shape index (κ1) is 17.2. The lowest BCUT2D eigenvalue weighted by Gasteiger charge is -2.16. The van der Waals surface area contributed by atoms with E-state index in [4.69, 9.17) is 4.74 Å². The average Bonchev–Trinajstić information content (AvgIpc) is 2.92. The molecule has 2 amide bonds. The number of ether oxygens (including phenoxy) is 1. The normalized spacial score (nSPS) is 17.4. The van der Waals surface area contributed by atoms with Crippen molar-refractivity contribution in [3.05, 3.63) is 23.9 Å². The third-order valence-electron chi connectivity index (χ3n) is 3.89. The van der Waals surface area contributed by atoms with Gasteiger partial charge in [0.15, 0.2) is 0 Å². The predicted molar refractivity (Wildman–Crippen MR) is 87.0 cm³/mol. The van der Waals surface area contributed by atoms with Crippen LogP contribution in [0, 0.1) is 5.92 Å². The van der Waals surface area contributed by atoms with E-state index in [1.807, 2.05) is 31.1 Å². The lowest BCUT2D eigenvalue weighted by atomic mass is 10.1. The molecule has 0 aromatic carbocycles. The fourth-order valence-electron chi connectivity index (χ4n) is 2.51. The molecule has 126 valence electrons. The Bertz CT molecular complexity index is 562. The van der Waals surface area contributed by atoms with Crippen LogP contribution in [0.25, 0.3) is 0 Å². The van der Waals surface area contributed by atoms with Gasteiger partial charge in [-0.15, -0.1) is 0 Å².